The fourth-order valence-corrected chi connectivity index (χ4v) is 5.75. The highest BCUT2D eigenvalue weighted by molar-refractivity contribution is 7.15. The van der Waals surface area contributed by atoms with Gasteiger partial charge in [0.05, 0.1) is 5.56 Å². The summed E-state index contributed by atoms with van der Waals surface area (Å²) < 4.78 is 0. The van der Waals surface area contributed by atoms with Gasteiger partial charge in [-0.15, -0.1) is 22.7 Å². The maximum atomic E-state index is 12.8. The Bertz CT molecular complexity index is 957. The number of nitrogens with one attached hydrogen (secondary N) is 1. The second-order valence-corrected chi connectivity index (χ2v) is 9.34. The standard InChI is InChI=1S/C22H24N2OS2/c1-3-15-8-9-18-19(13-26-20(18)10-15)21(25)24-22-23-12-17(27-22)11-16-7-5-4-6-14(16)2/h4-7,12-13,15H,3,8-11H2,1-2H3,(H,23,24,25). The van der Waals surface area contributed by atoms with Crippen molar-refractivity contribution >= 4 is 33.7 Å². The first-order chi connectivity index (χ1) is 13.1. The highest BCUT2D eigenvalue weighted by atomic mass is 32.1. The molecule has 0 aliphatic heterocycles. The number of anilines is 1. The molecule has 2 aromatic heterocycles. The number of rotatable bonds is 5. The summed E-state index contributed by atoms with van der Waals surface area (Å²) >= 11 is 3.30. The van der Waals surface area contributed by atoms with Crippen LogP contribution in [0.2, 0.25) is 0 Å². The topological polar surface area (TPSA) is 42.0 Å². The predicted molar refractivity (Wildman–Crippen MR) is 114 cm³/mol. The fraction of sp³-hybridized carbons (Fsp3) is 0.364. The van der Waals surface area contributed by atoms with Crippen LogP contribution in [0.25, 0.3) is 0 Å². The summed E-state index contributed by atoms with van der Waals surface area (Å²) in [5.74, 6) is 0.759. The smallest absolute Gasteiger partial charge is 0.258 e. The van der Waals surface area contributed by atoms with E-state index in [0.717, 1.165) is 35.6 Å². The number of benzene rings is 1. The highest BCUT2D eigenvalue weighted by Gasteiger charge is 2.24. The number of nitrogens with zero attached hydrogens (tertiary/aromatic N) is 1. The van der Waals surface area contributed by atoms with Crippen LogP contribution < -0.4 is 5.32 Å². The molecule has 0 radical (unpaired) electrons. The minimum Gasteiger partial charge on any atom is -0.298 e. The van der Waals surface area contributed by atoms with Gasteiger partial charge in [0.15, 0.2) is 5.13 Å². The van der Waals surface area contributed by atoms with Crippen LogP contribution >= 0.6 is 22.7 Å². The zero-order valence-electron chi connectivity index (χ0n) is 15.7. The molecule has 0 fully saturated rings. The number of hydrogen-bond donors (Lipinski definition) is 1. The lowest BCUT2D eigenvalue weighted by molar-refractivity contribution is 0.102. The summed E-state index contributed by atoms with van der Waals surface area (Å²) in [7, 11) is 0. The Morgan fingerprint density at radius 1 is 1.33 bits per heavy atom. The minimum atomic E-state index is -0.0146. The van der Waals surface area contributed by atoms with Crippen LogP contribution in [0.15, 0.2) is 35.8 Å². The van der Waals surface area contributed by atoms with Gasteiger partial charge in [-0.25, -0.2) is 4.98 Å². The Labute approximate surface area is 168 Å². The van der Waals surface area contributed by atoms with Gasteiger partial charge in [-0.2, -0.15) is 0 Å². The average Bonchev–Trinajstić information content (AvgIpc) is 3.29. The number of hydrogen-bond acceptors (Lipinski definition) is 4. The van der Waals surface area contributed by atoms with Crippen molar-refractivity contribution in [1.29, 1.82) is 0 Å². The van der Waals surface area contributed by atoms with Crippen LogP contribution in [0.5, 0.6) is 0 Å². The number of amides is 1. The van der Waals surface area contributed by atoms with Gasteiger partial charge in [0.2, 0.25) is 0 Å². The van der Waals surface area contributed by atoms with Crippen LogP contribution in [0.3, 0.4) is 0 Å². The van der Waals surface area contributed by atoms with E-state index in [2.05, 4.69) is 48.4 Å². The molecule has 1 unspecified atom stereocenters. The lowest BCUT2D eigenvalue weighted by atomic mass is 9.86. The number of thiophene rings is 1. The van der Waals surface area contributed by atoms with E-state index in [1.54, 1.807) is 22.7 Å². The third kappa shape index (κ3) is 3.99. The number of carbonyl (C=O) groups excluding carboxylic acids is 1. The maximum Gasteiger partial charge on any atom is 0.258 e. The van der Waals surface area contributed by atoms with Gasteiger partial charge >= 0.3 is 0 Å². The molecule has 5 heteroatoms. The van der Waals surface area contributed by atoms with Gasteiger partial charge in [-0.3, -0.25) is 10.1 Å². The summed E-state index contributed by atoms with van der Waals surface area (Å²) in [6.45, 7) is 4.38. The molecular formula is C22H24N2OS2. The molecule has 0 saturated carbocycles. The Morgan fingerprint density at radius 3 is 3.00 bits per heavy atom. The third-order valence-electron chi connectivity index (χ3n) is 5.48. The first kappa shape index (κ1) is 18.4. The van der Waals surface area contributed by atoms with Gasteiger partial charge in [0, 0.05) is 27.8 Å². The molecular weight excluding hydrogens is 372 g/mol. The van der Waals surface area contributed by atoms with Crippen molar-refractivity contribution in [2.24, 2.45) is 5.92 Å². The van der Waals surface area contributed by atoms with Crippen molar-refractivity contribution < 1.29 is 4.79 Å². The van der Waals surface area contributed by atoms with Crippen LogP contribution in [-0.2, 0) is 19.3 Å². The molecule has 1 aliphatic rings. The van der Waals surface area contributed by atoms with E-state index in [4.69, 9.17) is 0 Å². The third-order valence-corrected chi connectivity index (χ3v) is 7.44. The summed E-state index contributed by atoms with van der Waals surface area (Å²) in [6, 6.07) is 8.40. The molecule has 140 valence electrons. The van der Waals surface area contributed by atoms with Crippen LogP contribution in [0.4, 0.5) is 5.13 Å². The van der Waals surface area contributed by atoms with Gasteiger partial charge in [-0.1, -0.05) is 37.6 Å². The van der Waals surface area contributed by atoms with Crippen molar-refractivity contribution in [1.82, 2.24) is 4.98 Å². The first-order valence-electron chi connectivity index (χ1n) is 9.53. The second kappa shape index (κ2) is 7.95. The van der Waals surface area contributed by atoms with Crippen molar-refractivity contribution in [3.8, 4) is 0 Å². The van der Waals surface area contributed by atoms with Gasteiger partial charge in [0.25, 0.3) is 5.91 Å². The largest absolute Gasteiger partial charge is 0.298 e. The Hall–Kier alpha value is -1.98. The van der Waals surface area contributed by atoms with Gasteiger partial charge in [-0.05, 0) is 48.8 Å². The molecule has 27 heavy (non-hydrogen) atoms. The maximum absolute atomic E-state index is 12.8. The number of thiazole rings is 1. The Balaban J connectivity index is 1.45. The average molecular weight is 397 g/mol. The Morgan fingerprint density at radius 2 is 2.19 bits per heavy atom. The van der Waals surface area contributed by atoms with Crippen molar-refractivity contribution in [3.05, 3.63) is 67.9 Å². The molecule has 1 aliphatic carbocycles. The van der Waals surface area contributed by atoms with Crippen LogP contribution in [0, 0.1) is 12.8 Å². The van der Waals surface area contributed by atoms with Crippen molar-refractivity contribution in [3.63, 3.8) is 0 Å². The van der Waals surface area contributed by atoms with E-state index in [0.29, 0.717) is 5.13 Å². The molecule has 0 spiro atoms. The molecule has 3 nitrogen and oxygen atoms in total. The van der Waals surface area contributed by atoms with E-state index >= 15 is 0 Å². The van der Waals surface area contributed by atoms with E-state index in [1.807, 2.05) is 11.6 Å². The quantitative estimate of drug-likeness (QED) is 0.586. The zero-order chi connectivity index (χ0) is 18.8. The molecule has 3 aromatic rings. The van der Waals surface area contributed by atoms with E-state index < -0.39 is 0 Å². The van der Waals surface area contributed by atoms with Crippen molar-refractivity contribution in [2.45, 2.75) is 46.0 Å². The minimum absolute atomic E-state index is 0.0146. The highest BCUT2D eigenvalue weighted by Crippen LogP contribution is 2.34. The SMILES string of the molecule is CCC1CCc2c(C(=O)Nc3ncc(Cc4ccccc4C)s3)csc2C1. The van der Waals surface area contributed by atoms with Crippen LogP contribution in [-0.4, -0.2) is 10.9 Å². The molecule has 1 amide bonds. The monoisotopic (exact) mass is 396 g/mol. The van der Waals surface area contributed by atoms with Gasteiger partial charge < -0.3 is 0 Å². The van der Waals surface area contributed by atoms with Crippen molar-refractivity contribution in [2.75, 3.05) is 5.32 Å². The molecule has 2 heterocycles. The Kier molecular flexibility index (Phi) is 5.41. The summed E-state index contributed by atoms with van der Waals surface area (Å²) in [4.78, 5) is 19.8. The molecule has 0 bridgehead atoms. The molecule has 1 N–H and O–H groups in total. The first-order valence-corrected chi connectivity index (χ1v) is 11.2. The summed E-state index contributed by atoms with van der Waals surface area (Å²) in [5.41, 5.74) is 4.70. The lowest BCUT2D eigenvalue weighted by Crippen LogP contribution is -2.17. The zero-order valence-corrected chi connectivity index (χ0v) is 17.4. The predicted octanol–water partition coefficient (Wildman–Crippen LogP) is 5.87. The fourth-order valence-electron chi connectivity index (χ4n) is 3.73. The van der Waals surface area contributed by atoms with Gasteiger partial charge in [0.1, 0.15) is 0 Å². The number of fused-ring (bicyclic) bond motifs is 1. The molecule has 4 rings (SSSR count). The molecule has 0 saturated heterocycles. The summed E-state index contributed by atoms with van der Waals surface area (Å²) in [5, 5.41) is 5.73. The van der Waals surface area contributed by atoms with E-state index in [-0.39, 0.29) is 5.91 Å². The van der Waals surface area contributed by atoms with E-state index in [1.165, 1.54) is 34.4 Å². The second-order valence-electron chi connectivity index (χ2n) is 7.26. The van der Waals surface area contributed by atoms with E-state index in [9.17, 15) is 4.79 Å². The lowest BCUT2D eigenvalue weighted by Gasteiger charge is -2.21. The van der Waals surface area contributed by atoms with Crippen LogP contribution in [0.1, 0.15) is 56.6 Å². The number of aryl methyl sites for hydroxylation is 1. The normalized spacial score (nSPS) is 16.1. The summed E-state index contributed by atoms with van der Waals surface area (Å²) in [6.07, 6.45) is 7.30. The number of aromatic nitrogens is 1. The molecule has 1 aromatic carbocycles. The molecule has 1 atom stereocenters. The number of carbonyl (C=O) groups is 1.